The first-order valence-corrected chi connectivity index (χ1v) is 4.92. The molecule has 0 aliphatic heterocycles. The molecule has 8 nitrogen and oxygen atoms in total. The quantitative estimate of drug-likeness (QED) is 0.707. The Bertz CT molecular complexity index is 693. The standard InChI is InChI=1S/C9H10N4O4/c1-3-5(14)17-13-4-10-6-7(13)11-9(16)12(2)8(6)15/h4H,3H2,1-2H3,(H,11,16). The summed E-state index contributed by atoms with van der Waals surface area (Å²) in [6.07, 6.45) is 1.34. The van der Waals surface area contributed by atoms with Gasteiger partial charge in [-0.25, -0.2) is 14.6 Å². The van der Waals surface area contributed by atoms with Gasteiger partial charge in [0.05, 0.1) is 0 Å². The Hall–Kier alpha value is -2.38. The van der Waals surface area contributed by atoms with E-state index in [1.54, 1.807) is 6.92 Å². The molecule has 0 amide bonds. The number of imidazole rings is 1. The third-order valence-electron chi connectivity index (χ3n) is 2.26. The van der Waals surface area contributed by atoms with Crippen LogP contribution < -0.4 is 16.1 Å². The van der Waals surface area contributed by atoms with Crippen LogP contribution in [0.2, 0.25) is 0 Å². The lowest BCUT2D eigenvalue weighted by Gasteiger charge is -2.03. The van der Waals surface area contributed by atoms with Gasteiger partial charge in [0.15, 0.2) is 11.2 Å². The van der Waals surface area contributed by atoms with Crippen molar-refractivity contribution in [2.75, 3.05) is 0 Å². The summed E-state index contributed by atoms with van der Waals surface area (Å²) in [7, 11) is 1.33. The maximum absolute atomic E-state index is 11.6. The van der Waals surface area contributed by atoms with Crippen LogP contribution in [0.4, 0.5) is 0 Å². The zero-order valence-electron chi connectivity index (χ0n) is 9.26. The van der Waals surface area contributed by atoms with E-state index < -0.39 is 17.2 Å². The molecule has 0 aliphatic carbocycles. The van der Waals surface area contributed by atoms with Gasteiger partial charge >= 0.3 is 11.7 Å². The molecular weight excluding hydrogens is 228 g/mol. The molecule has 17 heavy (non-hydrogen) atoms. The van der Waals surface area contributed by atoms with E-state index in [4.69, 9.17) is 4.84 Å². The van der Waals surface area contributed by atoms with Crippen LogP contribution in [0, 0.1) is 0 Å². The van der Waals surface area contributed by atoms with Crippen LogP contribution in [0.5, 0.6) is 0 Å². The molecule has 0 fully saturated rings. The first-order valence-electron chi connectivity index (χ1n) is 4.92. The van der Waals surface area contributed by atoms with Crippen molar-refractivity contribution in [3.8, 4) is 0 Å². The molecule has 2 aromatic rings. The van der Waals surface area contributed by atoms with Crippen LogP contribution in [0.25, 0.3) is 11.2 Å². The Morgan fingerprint density at radius 2 is 2.24 bits per heavy atom. The molecule has 2 heterocycles. The van der Waals surface area contributed by atoms with Crippen molar-refractivity contribution in [1.29, 1.82) is 0 Å². The summed E-state index contributed by atoms with van der Waals surface area (Å²) in [4.78, 5) is 45.2. The number of aromatic amines is 1. The fourth-order valence-corrected chi connectivity index (χ4v) is 1.28. The summed E-state index contributed by atoms with van der Waals surface area (Å²) in [5, 5.41) is 0. The number of carbonyl (C=O) groups excluding carboxylic acids is 1. The van der Waals surface area contributed by atoms with Gasteiger partial charge in [0.2, 0.25) is 0 Å². The summed E-state index contributed by atoms with van der Waals surface area (Å²) >= 11 is 0. The summed E-state index contributed by atoms with van der Waals surface area (Å²) in [5.74, 6) is -0.495. The molecule has 0 saturated heterocycles. The largest absolute Gasteiger partial charge is 0.334 e. The lowest BCUT2D eigenvalue weighted by atomic mass is 10.5. The van der Waals surface area contributed by atoms with E-state index in [0.717, 1.165) is 15.6 Å². The topological polar surface area (TPSA) is 99.0 Å². The van der Waals surface area contributed by atoms with Crippen molar-refractivity contribution >= 4 is 17.1 Å². The number of H-pyrrole nitrogens is 1. The van der Waals surface area contributed by atoms with E-state index in [1.807, 2.05) is 0 Å². The molecule has 0 radical (unpaired) electrons. The van der Waals surface area contributed by atoms with Crippen LogP contribution in [0.1, 0.15) is 13.3 Å². The van der Waals surface area contributed by atoms with Crippen LogP contribution in [-0.4, -0.2) is 25.2 Å². The molecule has 0 unspecified atom stereocenters. The van der Waals surface area contributed by atoms with Crippen molar-refractivity contribution in [3.63, 3.8) is 0 Å². The minimum absolute atomic E-state index is 0.0380. The highest BCUT2D eigenvalue weighted by Gasteiger charge is 2.12. The Morgan fingerprint density at radius 1 is 1.53 bits per heavy atom. The summed E-state index contributed by atoms with van der Waals surface area (Å²) in [5.41, 5.74) is -1.04. The highest BCUT2D eigenvalue weighted by molar-refractivity contribution is 5.72. The maximum Gasteiger partial charge on any atom is 0.332 e. The molecule has 0 bridgehead atoms. The van der Waals surface area contributed by atoms with Gasteiger partial charge in [0, 0.05) is 13.5 Å². The van der Waals surface area contributed by atoms with Crippen molar-refractivity contribution in [2.45, 2.75) is 13.3 Å². The molecule has 90 valence electrons. The van der Waals surface area contributed by atoms with Gasteiger partial charge in [-0.15, -0.1) is 4.73 Å². The zero-order valence-corrected chi connectivity index (χ0v) is 9.26. The fourth-order valence-electron chi connectivity index (χ4n) is 1.28. The summed E-state index contributed by atoms with van der Waals surface area (Å²) in [6.45, 7) is 1.63. The maximum atomic E-state index is 11.6. The number of hydrogen-bond donors (Lipinski definition) is 1. The second-order valence-electron chi connectivity index (χ2n) is 3.38. The minimum Gasteiger partial charge on any atom is -0.334 e. The molecular formula is C9H10N4O4. The number of hydrogen-bond acceptors (Lipinski definition) is 5. The lowest BCUT2D eigenvalue weighted by molar-refractivity contribution is -0.143. The summed E-state index contributed by atoms with van der Waals surface area (Å²) < 4.78 is 1.87. The molecule has 0 atom stereocenters. The van der Waals surface area contributed by atoms with Gasteiger partial charge in [-0.3, -0.25) is 14.3 Å². The highest BCUT2D eigenvalue weighted by Crippen LogP contribution is 2.01. The van der Waals surface area contributed by atoms with Crippen molar-refractivity contribution in [1.82, 2.24) is 19.3 Å². The fraction of sp³-hybridized carbons (Fsp3) is 0.333. The smallest absolute Gasteiger partial charge is 0.332 e. The van der Waals surface area contributed by atoms with E-state index in [9.17, 15) is 14.4 Å². The van der Waals surface area contributed by atoms with E-state index in [0.29, 0.717) is 0 Å². The Kier molecular flexibility index (Phi) is 2.54. The van der Waals surface area contributed by atoms with Crippen LogP contribution >= 0.6 is 0 Å². The molecule has 0 spiro atoms. The zero-order chi connectivity index (χ0) is 12.6. The second-order valence-corrected chi connectivity index (χ2v) is 3.38. The molecule has 0 aromatic carbocycles. The number of nitrogens with zero attached hydrogens (tertiary/aromatic N) is 3. The number of fused-ring (bicyclic) bond motifs is 1. The van der Waals surface area contributed by atoms with Gasteiger partial charge in [0.1, 0.15) is 6.33 Å². The van der Waals surface area contributed by atoms with Crippen molar-refractivity contribution < 1.29 is 9.63 Å². The van der Waals surface area contributed by atoms with E-state index >= 15 is 0 Å². The third kappa shape index (κ3) is 1.73. The second kappa shape index (κ2) is 3.89. The normalized spacial score (nSPS) is 10.7. The monoisotopic (exact) mass is 238 g/mol. The Balaban J connectivity index is 2.66. The lowest BCUT2D eigenvalue weighted by Crippen LogP contribution is -2.33. The number of aromatic nitrogens is 4. The Labute approximate surface area is 94.4 Å². The van der Waals surface area contributed by atoms with Crippen molar-refractivity contribution in [3.05, 3.63) is 27.2 Å². The van der Waals surface area contributed by atoms with Crippen LogP contribution in [-0.2, 0) is 11.8 Å². The predicted molar refractivity (Wildman–Crippen MR) is 57.5 cm³/mol. The number of nitrogens with one attached hydrogen (secondary N) is 1. The predicted octanol–water partition coefficient (Wildman–Crippen LogP) is -1.21. The van der Waals surface area contributed by atoms with E-state index in [1.165, 1.54) is 7.05 Å². The van der Waals surface area contributed by atoms with Crippen molar-refractivity contribution in [2.24, 2.45) is 7.05 Å². The van der Waals surface area contributed by atoms with E-state index in [2.05, 4.69) is 9.97 Å². The number of carbonyl (C=O) groups is 1. The molecule has 1 N–H and O–H groups in total. The molecule has 0 aliphatic rings. The van der Waals surface area contributed by atoms with Crippen LogP contribution in [0.3, 0.4) is 0 Å². The molecule has 8 heteroatoms. The third-order valence-corrected chi connectivity index (χ3v) is 2.26. The number of rotatable bonds is 2. The molecule has 2 rings (SSSR count). The van der Waals surface area contributed by atoms with Gasteiger partial charge in [-0.2, -0.15) is 0 Å². The molecule has 0 saturated carbocycles. The molecule has 2 aromatic heterocycles. The highest BCUT2D eigenvalue weighted by atomic mass is 16.7. The van der Waals surface area contributed by atoms with Gasteiger partial charge in [-0.05, 0) is 0 Å². The van der Waals surface area contributed by atoms with Gasteiger partial charge in [-0.1, -0.05) is 6.92 Å². The average molecular weight is 238 g/mol. The SMILES string of the molecule is CCC(=O)On1cnc2c(=O)n(C)c(=O)[nH]c21. The first kappa shape index (κ1) is 11.1. The van der Waals surface area contributed by atoms with Gasteiger partial charge < -0.3 is 4.84 Å². The van der Waals surface area contributed by atoms with E-state index in [-0.39, 0.29) is 17.6 Å². The first-order chi connectivity index (χ1) is 8.04. The Morgan fingerprint density at radius 3 is 2.88 bits per heavy atom. The average Bonchev–Trinajstić information content (AvgIpc) is 2.69. The van der Waals surface area contributed by atoms with Crippen LogP contribution in [0.15, 0.2) is 15.9 Å². The summed E-state index contributed by atoms with van der Waals surface area (Å²) in [6, 6.07) is 0. The minimum atomic E-state index is -0.600. The van der Waals surface area contributed by atoms with Gasteiger partial charge in [0.25, 0.3) is 5.56 Å².